The van der Waals surface area contributed by atoms with Crippen LogP contribution in [0.2, 0.25) is 0 Å². The molecule has 0 fully saturated rings. The van der Waals surface area contributed by atoms with Crippen LogP contribution in [-0.2, 0) is 19.0 Å². The Hall–Kier alpha value is -0.450. The van der Waals surface area contributed by atoms with E-state index in [2.05, 4.69) is 27.7 Å². The van der Waals surface area contributed by atoms with Crippen molar-refractivity contribution in [1.29, 1.82) is 0 Å². The number of Topliss-reactive ketones (excluding diaryl/α,β-unsaturated/α-hetero) is 1. The second-order valence-electron chi connectivity index (χ2n) is 6.99. The molecule has 4 heteroatoms. The van der Waals surface area contributed by atoms with Crippen molar-refractivity contribution in [2.45, 2.75) is 66.2 Å². The molecule has 0 bridgehead atoms. The fraction of sp³-hybridized carbons (Fsp3) is 0.947. The van der Waals surface area contributed by atoms with E-state index in [0.717, 1.165) is 37.7 Å². The minimum Gasteiger partial charge on any atom is -0.379 e. The lowest BCUT2D eigenvalue weighted by Gasteiger charge is -2.08. The van der Waals surface area contributed by atoms with Gasteiger partial charge in [0.1, 0.15) is 6.61 Å². The van der Waals surface area contributed by atoms with E-state index in [1.807, 2.05) is 0 Å². The van der Waals surface area contributed by atoms with Crippen LogP contribution in [0, 0.1) is 11.8 Å². The summed E-state index contributed by atoms with van der Waals surface area (Å²) in [6.45, 7) is 12.1. The van der Waals surface area contributed by atoms with Crippen molar-refractivity contribution in [1.82, 2.24) is 0 Å². The van der Waals surface area contributed by atoms with Crippen LogP contribution in [0.15, 0.2) is 0 Å². The van der Waals surface area contributed by atoms with Gasteiger partial charge < -0.3 is 14.2 Å². The highest BCUT2D eigenvalue weighted by molar-refractivity contribution is 5.79. The predicted octanol–water partition coefficient (Wildman–Crippen LogP) is 4.26. The lowest BCUT2D eigenvalue weighted by molar-refractivity contribution is -0.124. The Morgan fingerprint density at radius 1 is 0.696 bits per heavy atom. The molecule has 0 aliphatic rings. The molecule has 0 aromatic heterocycles. The van der Waals surface area contributed by atoms with E-state index in [4.69, 9.17) is 14.2 Å². The molecule has 0 radical (unpaired) electrons. The first-order valence-corrected chi connectivity index (χ1v) is 9.27. The normalized spacial score (nSPS) is 11.6. The second kappa shape index (κ2) is 16.4. The van der Waals surface area contributed by atoms with Crippen LogP contribution in [0.4, 0.5) is 0 Å². The zero-order chi connectivity index (χ0) is 17.3. The molecule has 0 spiro atoms. The molecule has 0 aromatic carbocycles. The zero-order valence-electron chi connectivity index (χ0n) is 15.8. The van der Waals surface area contributed by atoms with Crippen molar-refractivity contribution < 1.29 is 19.0 Å². The van der Waals surface area contributed by atoms with Gasteiger partial charge in [0.2, 0.25) is 0 Å². The highest BCUT2D eigenvalue weighted by atomic mass is 16.5. The fourth-order valence-electron chi connectivity index (χ4n) is 2.17. The van der Waals surface area contributed by atoms with Crippen molar-refractivity contribution in [2.75, 3.05) is 39.6 Å². The van der Waals surface area contributed by atoms with Crippen LogP contribution in [0.5, 0.6) is 0 Å². The molecule has 0 amide bonds. The van der Waals surface area contributed by atoms with Crippen molar-refractivity contribution >= 4 is 5.78 Å². The van der Waals surface area contributed by atoms with Gasteiger partial charge in [-0.15, -0.1) is 0 Å². The van der Waals surface area contributed by atoms with Crippen LogP contribution in [-0.4, -0.2) is 45.4 Å². The Labute approximate surface area is 143 Å². The maximum Gasteiger partial charge on any atom is 0.158 e. The van der Waals surface area contributed by atoms with Gasteiger partial charge in [0.05, 0.1) is 26.4 Å². The number of hydrogen-bond acceptors (Lipinski definition) is 4. The van der Waals surface area contributed by atoms with Crippen LogP contribution in [0.1, 0.15) is 66.2 Å². The number of carbonyl (C=O) groups is 1. The van der Waals surface area contributed by atoms with Crippen molar-refractivity contribution in [3.05, 3.63) is 0 Å². The molecule has 0 aliphatic heterocycles. The molecule has 0 N–H and O–H groups in total. The minimum atomic E-state index is 0.197. The number of hydrogen-bond donors (Lipinski definition) is 0. The van der Waals surface area contributed by atoms with E-state index < -0.39 is 0 Å². The van der Waals surface area contributed by atoms with Gasteiger partial charge >= 0.3 is 0 Å². The summed E-state index contributed by atoms with van der Waals surface area (Å²) in [5, 5.41) is 0. The summed E-state index contributed by atoms with van der Waals surface area (Å²) in [6, 6.07) is 0. The molecule has 0 unspecified atom stereocenters. The molecule has 4 nitrogen and oxygen atoms in total. The molecule has 0 aromatic rings. The summed E-state index contributed by atoms with van der Waals surface area (Å²) in [6.07, 6.45) is 6.26. The van der Waals surface area contributed by atoms with E-state index in [1.165, 1.54) is 12.8 Å². The number of ether oxygens (including phenoxy) is 3. The van der Waals surface area contributed by atoms with Crippen LogP contribution >= 0.6 is 0 Å². The van der Waals surface area contributed by atoms with Crippen molar-refractivity contribution in [3.63, 3.8) is 0 Å². The first-order chi connectivity index (χ1) is 11.0. The van der Waals surface area contributed by atoms with Gasteiger partial charge in [0, 0.05) is 13.0 Å². The zero-order valence-corrected chi connectivity index (χ0v) is 15.8. The molecule has 0 rings (SSSR count). The Balaban J connectivity index is 3.16. The molecule has 0 saturated heterocycles. The quantitative estimate of drug-likeness (QED) is 0.374. The number of unbranched alkanes of at least 4 members (excludes halogenated alkanes) is 1. The van der Waals surface area contributed by atoms with Crippen LogP contribution < -0.4 is 0 Å². The molecule has 0 saturated carbocycles. The average Bonchev–Trinajstić information content (AvgIpc) is 2.48. The fourth-order valence-corrected chi connectivity index (χ4v) is 2.17. The van der Waals surface area contributed by atoms with Gasteiger partial charge in [-0.1, -0.05) is 40.5 Å². The number of ketones is 1. The maximum absolute atomic E-state index is 11.6. The largest absolute Gasteiger partial charge is 0.379 e. The molecule has 138 valence electrons. The maximum atomic E-state index is 11.6. The van der Waals surface area contributed by atoms with Crippen molar-refractivity contribution in [2.24, 2.45) is 11.8 Å². The van der Waals surface area contributed by atoms with Gasteiger partial charge in [0.25, 0.3) is 0 Å². The molecule has 0 atom stereocenters. The van der Waals surface area contributed by atoms with Gasteiger partial charge in [-0.3, -0.25) is 4.79 Å². The molecular weight excluding hydrogens is 292 g/mol. The smallest absolute Gasteiger partial charge is 0.158 e. The van der Waals surface area contributed by atoms with E-state index in [-0.39, 0.29) is 12.4 Å². The molecular formula is C19H38O4. The first-order valence-electron chi connectivity index (χ1n) is 9.27. The minimum absolute atomic E-state index is 0.197. The average molecular weight is 331 g/mol. The topological polar surface area (TPSA) is 44.8 Å². The van der Waals surface area contributed by atoms with Crippen LogP contribution in [0.3, 0.4) is 0 Å². The molecule has 0 heterocycles. The lowest BCUT2D eigenvalue weighted by atomic mass is 10.0. The SMILES string of the molecule is CC(C)CCCCC(=O)COCCOCCOCCCC(C)C. The third-order valence-corrected chi connectivity index (χ3v) is 3.56. The molecule has 0 aliphatic carbocycles. The second-order valence-corrected chi connectivity index (χ2v) is 6.99. The standard InChI is InChI=1S/C19H38O4/c1-17(2)8-5-6-10-19(20)16-23-15-14-22-13-12-21-11-7-9-18(3)4/h17-18H,5-16H2,1-4H3. The summed E-state index contributed by atoms with van der Waals surface area (Å²) >= 11 is 0. The summed E-state index contributed by atoms with van der Waals surface area (Å²) in [5.41, 5.74) is 0. The summed E-state index contributed by atoms with van der Waals surface area (Å²) < 4.78 is 16.2. The van der Waals surface area contributed by atoms with Gasteiger partial charge in [-0.05, 0) is 31.1 Å². The van der Waals surface area contributed by atoms with Gasteiger partial charge in [-0.25, -0.2) is 0 Å². The molecule has 23 heavy (non-hydrogen) atoms. The Morgan fingerprint density at radius 3 is 1.83 bits per heavy atom. The summed E-state index contributed by atoms with van der Waals surface area (Å²) in [4.78, 5) is 11.6. The number of carbonyl (C=O) groups excluding carboxylic acids is 1. The van der Waals surface area contributed by atoms with E-state index >= 15 is 0 Å². The summed E-state index contributed by atoms with van der Waals surface area (Å²) in [5.74, 6) is 1.66. The first kappa shape index (κ1) is 22.6. The van der Waals surface area contributed by atoms with Crippen LogP contribution in [0.25, 0.3) is 0 Å². The third-order valence-electron chi connectivity index (χ3n) is 3.56. The van der Waals surface area contributed by atoms with Crippen molar-refractivity contribution in [3.8, 4) is 0 Å². The highest BCUT2D eigenvalue weighted by Gasteiger charge is 2.03. The third kappa shape index (κ3) is 19.5. The van der Waals surface area contributed by atoms with E-state index in [0.29, 0.717) is 32.8 Å². The summed E-state index contributed by atoms with van der Waals surface area (Å²) in [7, 11) is 0. The van der Waals surface area contributed by atoms with E-state index in [9.17, 15) is 4.79 Å². The Bertz CT molecular complexity index is 264. The number of rotatable bonds is 17. The van der Waals surface area contributed by atoms with Gasteiger partial charge in [-0.2, -0.15) is 0 Å². The highest BCUT2D eigenvalue weighted by Crippen LogP contribution is 2.08. The monoisotopic (exact) mass is 330 g/mol. The lowest BCUT2D eigenvalue weighted by Crippen LogP contribution is -2.14. The van der Waals surface area contributed by atoms with E-state index in [1.54, 1.807) is 0 Å². The Morgan fingerprint density at radius 2 is 1.22 bits per heavy atom. The van der Waals surface area contributed by atoms with Gasteiger partial charge in [0.15, 0.2) is 5.78 Å². The Kier molecular flexibility index (Phi) is 16.1. The predicted molar refractivity (Wildman–Crippen MR) is 94.8 cm³/mol.